The van der Waals surface area contributed by atoms with E-state index in [0.717, 1.165) is 0 Å². The number of nitrogens with one attached hydrogen (secondary N) is 2. The number of amides is 2. The van der Waals surface area contributed by atoms with Crippen molar-refractivity contribution < 1.29 is 18.0 Å². The van der Waals surface area contributed by atoms with Crippen LogP contribution in [0.25, 0.3) is 0 Å². The number of carbonyl (C=O) groups is 2. The Bertz CT molecular complexity index is 760. The Morgan fingerprint density at radius 3 is 2.30 bits per heavy atom. The van der Waals surface area contributed by atoms with Crippen LogP contribution >= 0.6 is 0 Å². The third-order valence-corrected chi connectivity index (χ3v) is 6.43. The van der Waals surface area contributed by atoms with Crippen molar-refractivity contribution in [1.29, 1.82) is 0 Å². The predicted molar refractivity (Wildman–Crippen MR) is 107 cm³/mol. The molecule has 27 heavy (non-hydrogen) atoms. The molecule has 1 saturated heterocycles. The van der Waals surface area contributed by atoms with Gasteiger partial charge < -0.3 is 10.6 Å². The second-order valence-corrected chi connectivity index (χ2v) is 9.34. The zero-order valence-corrected chi connectivity index (χ0v) is 17.0. The number of anilines is 2. The summed E-state index contributed by atoms with van der Waals surface area (Å²) in [6.07, 6.45) is 2.18. The molecular formula is C19H29N3O4S. The average molecular weight is 396 g/mol. The monoisotopic (exact) mass is 395 g/mol. The van der Waals surface area contributed by atoms with Gasteiger partial charge >= 0.3 is 0 Å². The van der Waals surface area contributed by atoms with Crippen LogP contribution in [0.4, 0.5) is 11.4 Å². The van der Waals surface area contributed by atoms with Crippen LogP contribution in [-0.2, 0) is 19.6 Å². The van der Waals surface area contributed by atoms with Gasteiger partial charge in [0.25, 0.3) is 0 Å². The molecule has 1 unspecified atom stereocenters. The van der Waals surface area contributed by atoms with Gasteiger partial charge in [-0.25, -0.2) is 8.42 Å². The summed E-state index contributed by atoms with van der Waals surface area (Å²) in [6, 6.07) is 6.17. The minimum absolute atomic E-state index is 0.0514. The number of benzene rings is 1. The Balaban J connectivity index is 1.98. The van der Waals surface area contributed by atoms with Gasteiger partial charge in [-0.15, -0.1) is 0 Å². The summed E-state index contributed by atoms with van der Waals surface area (Å²) in [7, 11) is -3.40. The molecule has 2 rings (SSSR count). The van der Waals surface area contributed by atoms with E-state index < -0.39 is 16.1 Å². The van der Waals surface area contributed by atoms with Crippen molar-refractivity contribution in [2.24, 2.45) is 5.92 Å². The van der Waals surface area contributed by atoms with Crippen molar-refractivity contribution in [3.05, 3.63) is 24.3 Å². The largest absolute Gasteiger partial charge is 0.326 e. The second kappa shape index (κ2) is 9.32. The van der Waals surface area contributed by atoms with Crippen LogP contribution < -0.4 is 10.6 Å². The molecule has 1 aliphatic rings. The zero-order valence-electron chi connectivity index (χ0n) is 16.2. The molecule has 0 spiro atoms. The first-order valence-electron chi connectivity index (χ1n) is 9.43. The van der Waals surface area contributed by atoms with Gasteiger partial charge in [0, 0.05) is 24.3 Å². The lowest BCUT2D eigenvalue weighted by Gasteiger charge is -2.23. The molecule has 1 aliphatic heterocycles. The van der Waals surface area contributed by atoms with E-state index in [1.807, 2.05) is 20.8 Å². The molecule has 2 N–H and O–H groups in total. The van der Waals surface area contributed by atoms with Crippen LogP contribution in [0.5, 0.6) is 0 Å². The van der Waals surface area contributed by atoms with Gasteiger partial charge in [0.1, 0.15) is 6.04 Å². The molecule has 8 heteroatoms. The van der Waals surface area contributed by atoms with Crippen LogP contribution in [0.1, 0.15) is 46.5 Å². The fraction of sp³-hybridized carbons (Fsp3) is 0.579. The standard InChI is InChI=1S/C19H29N3O4S/c1-4-12-27(25,26)22-11-5-6-17(22)19(24)21-16-9-7-15(8-10-16)20-18(23)13-14(2)3/h7-10,14,17H,4-6,11-13H2,1-3H3,(H,20,23)(H,21,24). The maximum atomic E-state index is 12.6. The molecule has 1 atom stereocenters. The van der Waals surface area contributed by atoms with Gasteiger partial charge in [-0.1, -0.05) is 20.8 Å². The number of rotatable bonds is 8. The van der Waals surface area contributed by atoms with E-state index in [1.165, 1.54) is 4.31 Å². The smallest absolute Gasteiger partial charge is 0.242 e. The number of nitrogens with zero attached hydrogens (tertiary/aromatic N) is 1. The highest BCUT2D eigenvalue weighted by molar-refractivity contribution is 7.89. The van der Waals surface area contributed by atoms with Crippen molar-refractivity contribution >= 4 is 33.2 Å². The van der Waals surface area contributed by atoms with Crippen LogP contribution in [0.15, 0.2) is 24.3 Å². The molecule has 0 radical (unpaired) electrons. The third-order valence-electron chi connectivity index (χ3n) is 4.36. The fourth-order valence-electron chi connectivity index (χ4n) is 3.16. The summed E-state index contributed by atoms with van der Waals surface area (Å²) in [6.45, 7) is 6.15. The van der Waals surface area contributed by atoms with E-state index in [4.69, 9.17) is 0 Å². The zero-order chi connectivity index (χ0) is 20.0. The van der Waals surface area contributed by atoms with Gasteiger partial charge in [0.05, 0.1) is 5.75 Å². The Kier molecular flexibility index (Phi) is 7.38. The molecule has 0 saturated carbocycles. The number of sulfonamides is 1. The Hall–Kier alpha value is -1.93. The minimum Gasteiger partial charge on any atom is -0.326 e. The van der Waals surface area contributed by atoms with E-state index in [0.29, 0.717) is 43.6 Å². The van der Waals surface area contributed by atoms with Crippen LogP contribution in [-0.4, -0.2) is 42.9 Å². The van der Waals surface area contributed by atoms with Crippen molar-refractivity contribution in [2.45, 2.75) is 52.5 Å². The fourth-order valence-corrected chi connectivity index (χ4v) is 4.90. The quantitative estimate of drug-likeness (QED) is 0.707. The molecule has 1 aromatic rings. The van der Waals surface area contributed by atoms with Crippen LogP contribution in [0, 0.1) is 5.92 Å². The highest BCUT2D eigenvalue weighted by atomic mass is 32.2. The first kappa shape index (κ1) is 21.4. The van der Waals surface area contributed by atoms with E-state index >= 15 is 0 Å². The number of hydrogen-bond donors (Lipinski definition) is 2. The van der Waals surface area contributed by atoms with Crippen molar-refractivity contribution in [2.75, 3.05) is 22.9 Å². The normalized spacial score (nSPS) is 17.9. The summed E-state index contributed by atoms with van der Waals surface area (Å²) in [4.78, 5) is 24.4. The summed E-state index contributed by atoms with van der Waals surface area (Å²) in [5, 5.41) is 5.59. The van der Waals surface area contributed by atoms with Crippen LogP contribution in [0.3, 0.4) is 0 Å². The van der Waals surface area contributed by atoms with Crippen molar-refractivity contribution in [1.82, 2.24) is 4.31 Å². The van der Waals surface area contributed by atoms with Gasteiger partial charge in [-0.05, 0) is 49.4 Å². The van der Waals surface area contributed by atoms with E-state index in [-0.39, 0.29) is 23.5 Å². The Morgan fingerprint density at radius 2 is 1.74 bits per heavy atom. The molecule has 150 valence electrons. The van der Waals surface area contributed by atoms with Gasteiger partial charge in [-0.2, -0.15) is 4.31 Å². The molecule has 1 aromatic carbocycles. The van der Waals surface area contributed by atoms with E-state index in [2.05, 4.69) is 10.6 Å². The lowest BCUT2D eigenvalue weighted by atomic mass is 10.1. The summed E-state index contributed by atoms with van der Waals surface area (Å²) in [5.74, 6) is -0.0307. The second-order valence-electron chi connectivity index (χ2n) is 7.30. The summed E-state index contributed by atoms with van der Waals surface area (Å²) in [5.41, 5.74) is 1.23. The van der Waals surface area contributed by atoms with E-state index in [1.54, 1.807) is 24.3 Å². The summed E-state index contributed by atoms with van der Waals surface area (Å²) >= 11 is 0. The number of carbonyl (C=O) groups excluding carboxylic acids is 2. The molecule has 1 heterocycles. The molecule has 0 aliphatic carbocycles. The highest BCUT2D eigenvalue weighted by Gasteiger charge is 2.38. The molecular weight excluding hydrogens is 366 g/mol. The maximum Gasteiger partial charge on any atom is 0.242 e. The molecule has 0 bridgehead atoms. The molecule has 0 aromatic heterocycles. The third kappa shape index (κ3) is 6.04. The minimum atomic E-state index is -3.40. The lowest BCUT2D eigenvalue weighted by molar-refractivity contribution is -0.119. The van der Waals surface area contributed by atoms with Crippen LogP contribution in [0.2, 0.25) is 0 Å². The maximum absolute atomic E-state index is 12.6. The molecule has 2 amide bonds. The first-order chi connectivity index (χ1) is 12.7. The van der Waals surface area contributed by atoms with Gasteiger partial charge in [0.2, 0.25) is 21.8 Å². The van der Waals surface area contributed by atoms with Crippen molar-refractivity contribution in [3.8, 4) is 0 Å². The number of hydrogen-bond acceptors (Lipinski definition) is 4. The van der Waals surface area contributed by atoms with E-state index in [9.17, 15) is 18.0 Å². The van der Waals surface area contributed by atoms with Gasteiger partial charge in [0.15, 0.2) is 0 Å². The lowest BCUT2D eigenvalue weighted by Crippen LogP contribution is -2.44. The topological polar surface area (TPSA) is 95.6 Å². The Morgan fingerprint density at radius 1 is 1.15 bits per heavy atom. The van der Waals surface area contributed by atoms with Gasteiger partial charge in [-0.3, -0.25) is 9.59 Å². The SMILES string of the molecule is CCCS(=O)(=O)N1CCCC1C(=O)Nc1ccc(NC(=O)CC(C)C)cc1. The molecule has 7 nitrogen and oxygen atoms in total. The highest BCUT2D eigenvalue weighted by Crippen LogP contribution is 2.24. The molecule has 1 fully saturated rings. The predicted octanol–water partition coefficient (Wildman–Crippen LogP) is 2.81. The average Bonchev–Trinajstić information content (AvgIpc) is 3.06. The first-order valence-corrected chi connectivity index (χ1v) is 11.0. The summed E-state index contributed by atoms with van der Waals surface area (Å²) < 4.78 is 26.0. The van der Waals surface area contributed by atoms with Crippen molar-refractivity contribution in [3.63, 3.8) is 0 Å². The Labute approximate surface area is 161 Å².